The first kappa shape index (κ1) is 17.6. The van der Waals surface area contributed by atoms with Crippen molar-refractivity contribution in [3.05, 3.63) is 10.6 Å². The van der Waals surface area contributed by atoms with Gasteiger partial charge in [-0.05, 0) is 23.7 Å². The minimum Gasteiger partial charge on any atom is -0.466 e. The van der Waals surface area contributed by atoms with Crippen molar-refractivity contribution in [3.8, 4) is 0 Å². The molecule has 0 amide bonds. The number of allylic oxidation sites excluding steroid dienone is 2. The number of carbonyl (C=O) groups is 1. The van der Waals surface area contributed by atoms with Crippen LogP contribution >= 0.6 is 15.9 Å². The highest BCUT2D eigenvalue weighted by atomic mass is 79.9. The minimum atomic E-state index is -4.25. The zero-order chi connectivity index (χ0) is 14.6. The molecular weight excluding hydrogens is 324 g/mol. The van der Waals surface area contributed by atoms with Crippen LogP contribution in [-0.2, 0) is 19.6 Å². The maximum Gasteiger partial charge on any atom is 0.310 e. The molecule has 0 aliphatic heterocycles. The predicted molar refractivity (Wildman–Crippen MR) is 73.0 cm³/mol. The number of ether oxygens (including phenoxy) is 1. The van der Waals surface area contributed by atoms with E-state index in [-0.39, 0.29) is 6.61 Å². The van der Waals surface area contributed by atoms with Gasteiger partial charge in [0.05, 0.1) is 18.3 Å². The summed E-state index contributed by atoms with van der Waals surface area (Å²) < 4.78 is 36.6. The Bertz CT molecular complexity index is 421. The Morgan fingerprint density at radius 1 is 1.50 bits per heavy atom. The number of esters is 1. The van der Waals surface area contributed by atoms with Gasteiger partial charge in [0, 0.05) is 0 Å². The van der Waals surface area contributed by atoms with Crippen LogP contribution in [0.2, 0.25) is 0 Å². The summed E-state index contributed by atoms with van der Waals surface area (Å²) in [5, 5.41) is 0. The van der Waals surface area contributed by atoms with Crippen LogP contribution in [0, 0.1) is 11.3 Å². The molecule has 1 N–H and O–H groups in total. The van der Waals surface area contributed by atoms with Crippen LogP contribution in [0.1, 0.15) is 27.7 Å². The average molecular weight is 343 g/mol. The summed E-state index contributed by atoms with van der Waals surface area (Å²) in [6.45, 7) is 7.00. The van der Waals surface area contributed by atoms with Crippen molar-refractivity contribution in [2.24, 2.45) is 11.3 Å². The average Bonchev–Trinajstić information content (AvgIpc) is 2.10. The van der Waals surface area contributed by atoms with Gasteiger partial charge in [-0.25, -0.2) is 0 Å². The van der Waals surface area contributed by atoms with E-state index in [0.717, 1.165) is 4.48 Å². The maximum absolute atomic E-state index is 11.8. The fourth-order valence-corrected chi connectivity index (χ4v) is 3.23. The van der Waals surface area contributed by atoms with Crippen LogP contribution in [-0.4, -0.2) is 31.3 Å². The lowest BCUT2D eigenvalue weighted by molar-refractivity contribution is -0.150. The van der Waals surface area contributed by atoms with E-state index in [0.29, 0.717) is 0 Å². The van der Waals surface area contributed by atoms with Crippen molar-refractivity contribution in [2.75, 3.05) is 12.4 Å². The predicted octanol–water partition coefficient (Wildman–Crippen LogP) is 2.38. The molecule has 0 aromatic heterocycles. The van der Waals surface area contributed by atoms with E-state index in [9.17, 15) is 13.2 Å². The zero-order valence-corrected chi connectivity index (χ0v) is 13.3. The molecule has 0 saturated carbocycles. The Labute approximate surface area is 116 Å². The van der Waals surface area contributed by atoms with E-state index in [4.69, 9.17) is 9.29 Å². The van der Waals surface area contributed by atoms with Gasteiger partial charge in [-0.1, -0.05) is 35.9 Å². The molecule has 0 fully saturated rings. The third-order valence-corrected chi connectivity index (χ3v) is 3.40. The first-order valence-corrected chi connectivity index (χ1v) is 7.86. The summed E-state index contributed by atoms with van der Waals surface area (Å²) >= 11 is 3.24. The van der Waals surface area contributed by atoms with Crippen LogP contribution in [0.4, 0.5) is 0 Å². The fourth-order valence-electron chi connectivity index (χ4n) is 1.65. The van der Waals surface area contributed by atoms with Gasteiger partial charge in [-0.3, -0.25) is 9.35 Å². The van der Waals surface area contributed by atoms with E-state index in [1.165, 1.54) is 0 Å². The summed E-state index contributed by atoms with van der Waals surface area (Å²) in [5.74, 6) is -2.25. The van der Waals surface area contributed by atoms with Crippen molar-refractivity contribution in [1.82, 2.24) is 0 Å². The summed E-state index contributed by atoms with van der Waals surface area (Å²) in [6.07, 6.45) is 1.72. The third kappa shape index (κ3) is 6.51. The quantitative estimate of drug-likeness (QED) is 0.592. The highest BCUT2D eigenvalue weighted by molar-refractivity contribution is 9.11. The molecule has 0 rings (SSSR count). The lowest BCUT2D eigenvalue weighted by Crippen LogP contribution is -2.36. The molecule has 0 radical (unpaired) electrons. The Hall–Kier alpha value is -0.400. The number of hydrogen-bond donors (Lipinski definition) is 1. The normalized spacial score (nSPS) is 15.3. The first-order valence-electron chi connectivity index (χ1n) is 5.46. The molecule has 18 heavy (non-hydrogen) atoms. The molecule has 0 aromatic carbocycles. The summed E-state index contributed by atoms with van der Waals surface area (Å²) in [6, 6.07) is 0. The monoisotopic (exact) mass is 342 g/mol. The molecule has 1 unspecified atom stereocenters. The van der Waals surface area contributed by atoms with Gasteiger partial charge in [0.2, 0.25) is 0 Å². The molecule has 0 aromatic rings. The van der Waals surface area contributed by atoms with E-state index in [1.54, 1.807) is 33.8 Å². The van der Waals surface area contributed by atoms with Crippen LogP contribution in [0.3, 0.4) is 0 Å². The summed E-state index contributed by atoms with van der Waals surface area (Å²) in [4.78, 5) is 11.8. The van der Waals surface area contributed by atoms with Crippen molar-refractivity contribution in [3.63, 3.8) is 0 Å². The second-order valence-corrected chi connectivity index (χ2v) is 7.35. The smallest absolute Gasteiger partial charge is 0.310 e. The Morgan fingerprint density at radius 3 is 2.33 bits per heavy atom. The maximum atomic E-state index is 11.8. The molecule has 0 aliphatic rings. The standard InChI is InChI=1S/C11H19BrO5S/c1-5-17-10(13)9(7-18(14,15)16)11(3,4)6-8(2)12/h6,9H,5,7H2,1-4H3,(H,14,15,16)/b8-6+. The molecule has 0 saturated heterocycles. The Morgan fingerprint density at radius 2 is 2.00 bits per heavy atom. The van der Waals surface area contributed by atoms with Gasteiger partial charge in [0.25, 0.3) is 10.1 Å². The Balaban J connectivity index is 5.33. The topological polar surface area (TPSA) is 80.7 Å². The summed E-state index contributed by atoms with van der Waals surface area (Å²) in [5.41, 5.74) is -0.754. The third-order valence-electron chi connectivity index (χ3n) is 2.42. The van der Waals surface area contributed by atoms with Crippen LogP contribution in [0.25, 0.3) is 0 Å². The fraction of sp³-hybridized carbons (Fsp3) is 0.727. The number of rotatable bonds is 6. The first-order chi connectivity index (χ1) is 7.99. The molecule has 0 aliphatic carbocycles. The van der Waals surface area contributed by atoms with Crippen molar-refractivity contribution in [1.29, 1.82) is 0 Å². The molecule has 5 nitrogen and oxygen atoms in total. The van der Waals surface area contributed by atoms with Gasteiger partial charge in [0.15, 0.2) is 0 Å². The van der Waals surface area contributed by atoms with Gasteiger partial charge < -0.3 is 4.74 Å². The van der Waals surface area contributed by atoms with E-state index in [1.807, 2.05) is 0 Å². The van der Waals surface area contributed by atoms with E-state index in [2.05, 4.69) is 15.9 Å². The van der Waals surface area contributed by atoms with E-state index >= 15 is 0 Å². The zero-order valence-electron chi connectivity index (χ0n) is 10.9. The van der Waals surface area contributed by atoms with Crippen molar-refractivity contribution >= 4 is 32.0 Å². The number of carbonyl (C=O) groups excluding carboxylic acids is 1. The van der Waals surface area contributed by atoms with Crippen LogP contribution < -0.4 is 0 Å². The largest absolute Gasteiger partial charge is 0.466 e. The molecule has 0 bridgehead atoms. The number of hydrogen-bond acceptors (Lipinski definition) is 4. The van der Waals surface area contributed by atoms with Gasteiger partial charge in [-0.15, -0.1) is 0 Å². The van der Waals surface area contributed by atoms with Crippen LogP contribution in [0.5, 0.6) is 0 Å². The van der Waals surface area contributed by atoms with Crippen molar-refractivity contribution in [2.45, 2.75) is 27.7 Å². The second kappa shape index (κ2) is 6.68. The van der Waals surface area contributed by atoms with Gasteiger partial charge >= 0.3 is 5.97 Å². The highest BCUT2D eigenvalue weighted by Crippen LogP contribution is 2.33. The van der Waals surface area contributed by atoms with Gasteiger partial charge in [0.1, 0.15) is 0 Å². The minimum absolute atomic E-state index is 0.161. The number of halogens is 1. The molecule has 0 spiro atoms. The molecular formula is C11H19BrO5S. The SMILES string of the molecule is CCOC(=O)C(CS(=O)(=O)O)C(C)(C)/C=C(\C)Br. The molecule has 1 atom stereocenters. The summed E-state index contributed by atoms with van der Waals surface area (Å²) in [7, 11) is -4.25. The van der Waals surface area contributed by atoms with E-state index < -0.39 is 33.2 Å². The molecule has 106 valence electrons. The Kier molecular flexibility index (Phi) is 6.53. The van der Waals surface area contributed by atoms with Crippen molar-refractivity contribution < 1.29 is 22.5 Å². The second-order valence-electron chi connectivity index (χ2n) is 4.61. The highest BCUT2D eigenvalue weighted by Gasteiger charge is 2.38. The molecule has 7 heteroatoms. The van der Waals surface area contributed by atoms with Crippen LogP contribution in [0.15, 0.2) is 10.6 Å². The molecule has 0 heterocycles. The lowest BCUT2D eigenvalue weighted by atomic mass is 9.79. The van der Waals surface area contributed by atoms with Gasteiger partial charge in [-0.2, -0.15) is 8.42 Å². The lowest BCUT2D eigenvalue weighted by Gasteiger charge is -2.29.